The predicted molar refractivity (Wildman–Crippen MR) is 68.5 cm³/mol. The van der Waals surface area contributed by atoms with Crippen molar-refractivity contribution in [3.05, 3.63) is 53.3 Å². The molecule has 0 unspecified atom stereocenters. The van der Waals surface area contributed by atoms with Gasteiger partial charge in [-0.05, 0) is 48.2 Å². The van der Waals surface area contributed by atoms with Gasteiger partial charge in [0.2, 0.25) is 0 Å². The van der Waals surface area contributed by atoms with E-state index in [-0.39, 0.29) is 0 Å². The third kappa shape index (κ3) is 2.05. The van der Waals surface area contributed by atoms with Crippen molar-refractivity contribution in [3.63, 3.8) is 0 Å². The second kappa shape index (κ2) is 4.80. The van der Waals surface area contributed by atoms with Gasteiger partial charge in [0.15, 0.2) is 0 Å². The van der Waals surface area contributed by atoms with Crippen molar-refractivity contribution in [1.82, 2.24) is 4.98 Å². The summed E-state index contributed by atoms with van der Waals surface area (Å²) in [5.74, 6) is 0. The molecule has 0 aliphatic carbocycles. The zero-order valence-electron chi connectivity index (χ0n) is 10.1. The molecule has 0 fully saturated rings. The average Bonchev–Trinajstić information content (AvgIpc) is 2.39. The van der Waals surface area contributed by atoms with E-state index in [1.54, 1.807) is 12.4 Å². The number of hydrogen-bond acceptors (Lipinski definition) is 2. The van der Waals surface area contributed by atoms with Gasteiger partial charge in [0.1, 0.15) is 0 Å². The first-order valence-electron chi connectivity index (χ1n) is 5.71. The molecular weight excluding hydrogens is 208 g/mol. The van der Waals surface area contributed by atoms with Crippen LogP contribution in [0.15, 0.2) is 36.7 Å². The Hall–Kier alpha value is -2.14. The quantitative estimate of drug-likeness (QED) is 0.779. The van der Waals surface area contributed by atoms with Crippen LogP contribution in [-0.2, 0) is 6.42 Å². The van der Waals surface area contributed by atoms with Crippen molar-refractivity contribution < 1.29 is 0 Å². The highest BCUT2D eigenvalue weighted by atomic mass is 14.6. The smallest absolute Gasteiger partial charge is 0.0998 e. The Morgan fingerprint density at radius 2 is 1.88 bits per heavy atom. The topological polar surface area (TPSA) is 36.7 Å². The third-order valence-electron chi connectivity index (χ3n) is 3.05. The van der Waals surface area contributed by atoms with E-state index in [4.69, 9.17) is 0 Å². The largest absolute Gasteiger partial charge is 0.265 e. The average molecular weight is 222 g/mol. The lowest BCUT2D eigenvalue weighted by atomic mass is 9.92. The normalized spacial score (nSPS) is 9.94. The SMILES string of the molecule is CCc1ccc(C#N)c(-c2ccncc2)c1C. The minimum Gasteiger partial charge on any atom is -0.265 e. The van der Waals surface area contributed by atoms with Crippen LogP contribution >= 0.6 is 0 Å². The van der Waals surface area contributed by atoms with E-state index in [0.29, 0.717) is 0 Å². The lowest BCUT2D eigenvalue weighted by Gasteiger charge is -2.12. The molecule has 0 bridgehead atoms. The molecule has 1 aromatic carbocycles. The number of nitrogens with zero attached hydrogens (tertiary/aromatic N) is 2. The Labute approximate surface area is 102 Å². The van der Waals surface area contributed by atoms with E-state index in [0.717, 1.165) is 23.1 Å². The van der Waals surface area contributed by atoms with Crippen molar-refractivity contribution in [2.45, 2.75) is 20.3 Å². The van der Waals surface area contributed by atoms with Gasteiger partial charge in [0, 0.05) is 18.0 Å². The Balaban J connectivity index is 2.71. The first-order valence-corrected chi connectivity index (χ1v) is 5.71. The lowest BCUT2D eigenvalue weighted by Crippen LogP contribution is -1.94. The maximum atomic E-state index is 9.20. The maximum absolute atomic E-state index is 9.20. The molecule has 0 saturated carbocycles. The molecule has 1 heterocycles. The maximum Gasteiger partial charge on any atom is 0.0998 e. The van der Waals surface area contributed by atoms with Crippen LogP contribution in [0, 0.1) is 18.3 Å². The first-order chi connectivity index (χ1) is 8.27. The summed E-state index contributed by atoms with van der Waals surface area (Å²) in [5.41, 5.74) is 5.30. The van der Waals surface area contributed by atoms with Gasteiger partial charge in [0.05, 0.1) is 11.6 Å². The summed E-state index contributed by atoms with van der Waals surface area (Å²) in [4.78, 5) is 4.02. The Morgan fingerprint density at radius 3 is 2.47 bits per heavy atom. The molecule has 2 rings (SSSR count). The number of pyridine rings is 1. The van der Waals surface area contributed by atoms with E-state index < -0.39 is 0 Å². The Kier molecular flexibility index (Phi) is 3.20. The molecule has 0 aliphatic rings. The van der Waals surface area contributed by atoms with E-state index in [9.17, 15) is 5.26 Å². The van der Waals surface area contributed by atoms with Crippen LogP contribution in [0.3, 0.4) is 0 Å². The fourth-order valence-electron chi connectivity index (χ4n) is 2.12. The minimum atomic E-state index is 0.728. The highest BCUT2D eigenvalue weighted by molar-refractivity contribution is 5.74. The summed E-state index contributed by atoms with van der Waals surface area (Å²) in [6.07, 6.45) is 4.50. The fraction of sp³-hybridized carbons (Fsp3) is 0.200. The highest BCUT2D eigenvalue weighted by Crippen LogP contribution is 2.29. The summed E-state index contributed by atoms with van der Waals surface area (Å²) in [7, 11) is 0. The minimum absolute atomic E-state index is 0.728. The molecule has 84 valence electrons. The van der Waals surface area contributed by atoms with E-state index in [1.807, 2.05) is 24.3 Å². The number of hydrogen-bond donors (Lipinski definition) is 0. The summed E-state index contributed by atoms with van der Waals surface area (Å²) in [6.45, 7) is 4.21. The van der Waals surface area contributed by atoms with Gasteiger partial charge in [-0.2, -0.15) is 5.26 Å². The number of benzene rings is 1. The summed E-state index contributed by atoms with van der Waals surface area (Å²) >= 11 is 0. The molecule has 2 aromatic rings. The van der Waals surface area contributed by atoms with Gasteiger partial charge in [0.25, 0.3) is 0 Å². The highest BCUT2D eigenvalue weighted by Gasteiger charge is 2.10. The van der Waals surface area contributed by atoms with E-state index in [2.05, 4.69) is 24.9 Å². The van der Waals surface area contributed by atoms with Gasteiger partial charge in [-0.25, -0.2) is 0 Å². The summed E-state index contributed by atoms with van der Waals surface area (Å²) in [5, 5.41) is 9.20. The fourth-order valence-corrected chi connectivity index (χ4v) is 2.12. The number of aromatic nitrogens is 1. The number of aryl methyl sites for hydroxylation is 1. The van der Waals surface area contributed by atoms with Gasteiger partial charge in [-0.15, -0.1) is 0 Å². The molecule has 0 spiro atoms. The van der Waals surface area contributed by atoms with Gasteiger partial charge in [-0.1, -0.05) is 13.0 Å². The van der Waals surface area contributed by atoms with Crippen LogP contribution in [0.2, 0.25) is 0 Å². The molecule has 17 heavy (non-hydrogen) atoms. The van der Waals surface area contributed by atoms with Crippen LogP contribution < -0.4 is 0 Å². The molecule has 1 aromatic heterocycles. The van der Waals surface area contributed by atoms with Crippen LogP contribution in [0.1, 0.15) is 23.6 Å². The molecule has 0 atom stereocenters. The second-order valence-corrected chi connectivity index (χ2v) is 3.97. The van der Waals surface area contributed by atoms with Gasteiger partial charge in [-0.3, -0.25) is 4.98 Å². The number of rotatable bonds is 2. The lowest BCUT2D eigenvalue weighted by molar-refractivity contribution is 1.11. The number of nitriles is 1. The Bertz CT molecular complexity index is 565. The Morgan fingerprint density at radius 1 is 1.18 bits per heavy atom. The summed E-state index contributed by atoms with van der Waals surface area (Å²) in [6, 6.07) is 10.1. The molecule has 0 amide bonds. The van der Waals surface area contributed by atoms with Crippen LogP contribution in [0.4, 0.5) is 0 Å². The van der Waals surface area contributed by atoms with Crippen molar-refractivity contribution in [1.29, 1.82) is 5.26 Å². The van der Waals surface area contributed by atoms with Crippen LogP contribution in [0.25, 0.3) is 11.1 Å². The molecule has 0 saturated heterocycles. The third-order valence-corrected chi connectivity index (χ3v) is 3.05. The second-order valence-electron chi connectivity index (χ2n) is 3.97. The summed E-state index contributed by atoms with van der Waals surface area (Å²) < 4.78 is 0. The molecule has 0 aliphatic heterocycles. The van der Waals surface area contributed by atoms with Crippen molar-refractivity contribution in [2.24, 2.45) is 0 Å². The zero-order valence-corrected chi connectivity index (χ0v) is 10.1. The monoisotopic (exact) mass is 222 g/mol. The molecular formula is C15H14N2. The van der Waals surface area contributed by atoms with Crippen LogP contribution in [-0.4, -0.2) is 4.98 Å². The van der Waals surface area contributed by atoms with Crippen LogP contribution in [0.5, 0.6) is 0 Å². The molecule has 0 N–H and O–H groups in total. The van der Waals surface area contributed by atoms with E-state index >= 15 is 0 Å². The molecule has 2 nitrogen and oxygen atoms in total. The first kappa shape index (κ1) is 11.3. The molecule has 0 radical (unpaired) electrons. The molecule has 2 heteroatoms. The van der Waals surface area contributed by atoms with E-state index in [1.165, 1.54) is 11.1 Å². The van der Waals surface area contributed by atoms with Gasteiger partial charge < -0.3 is 0 Å². The zero-order chi connectivity index (χ0) is 12.3. The van der Waals surface area contributed by atoms with Crippen molar-refractivity contribution >= 4 is 0 Å². The van der Waals surface area contributed by atoms with Gasteiger partial charge >= 0.3 is 0 Å². The van der Waals surface area contributed by atoms with Crippen molar-refractivity contribution in [2.75, 3.05) is 0 Å². The standard InChI is InChI=1S/C15H14N2/c1-3-12-4-5-14(10-16)15(11(12)2)13-6-8-17-9-7-13/h4-9H,3H2,1-2H3. The predicted octanol–water partition coefficient (Wildman–Crippen LogP) is 3.49. The van der Waals surface area contributed by atoms with Crippen molar-refractivity contribution in [3.8, 4) is 17.2 Å².